The van der Waals surface area contributed by atoms with Gasteiger partial charge in [-0.05, 0) is 11.6 Å². The van der Waals surface area contributed by atoms with E-state index in [4.69, 9.17) is 11.6 Å². The lowest BCUT2D eigenvalue weighted by molar-refractivity contribution is 1.12. The Hall–Kier alpha value is -0.560. The average Bonchev–Trinajstić information content (AvgIpc) is 1.88. The molecule has 1 nitrogen and oxygen atoms in total. The maximum absolute atomic E-state index is 5.60. The van der Waals surface area contributed by atoms with Crippen molar-refractivity contribution in [2.24, 2.45) is 0 Å². The predicted molar refractivity (Wildman–Crippen MR) is 42.9 cm³/mol. The van der Waals surface area contributed by atoms with Crippen LogP contribution in [0.25, 0.3) is 0 Å². The molecule has 0 saturated carbocycles. The second kappa shape index (κ2) is 3.02. The van der Waals surface area contributed by atoms with E-state index in [9.17, 15) is 0 Å². The smallest absolute Gasteiger partial charge is 0.129 e. The second-order valence-electron chi connectivity index (χ2n) is 2.37. The summed E-state index contributed by atoms with van der Waals surface area (Å²) in [6.07, 6.45) is 1.78. The molecule has 0 spiro atoms. The van der Waals surface area contributed by atoms with Crippen molar-refractivity contribution < 1.29 is 0 Å². The van der Waals surface area contributed by atoms with E-state index in [0.717, 1.165) is 5.56 Å². The molecule has 53 valence electrons. The Kier molecular flexibility index (Phi) is 2.28. The van der Waals surface area contributed by atoms with Gasteiger partial charge < -0.3 is 0 Å². The van der Waals surface area contributed by atoms with E-state index < -0.39 is 0 Å². The van der Waals surface area contributed by atoms with Gasteiger partial charge in [-0.15, -0.1) is 0 Å². The van der Waals surface area contributed by atoms with Crippen molar-refractivity contribution in [2.75, 3.05) is 0 Å². The molecule has 0 aliphatic carbocycles. The molecule has 0 fully saturated rings. The Morgan fingerprint density at radius 1 is 1.40 bits per heavy atom. The lowest BCUT2D eigenvalue weighted by atomic mass is 10.1. The van der Waals surface area contributed by atoms with Crippen molar-refractivity contribution in [1.82, 2.24) is 4.98 Å². The quantitative estimate of drug-likeness (QED) is 0.567. The molecule has 0 aliphatic rings. The van der Waals surface area contributed by atoms with Crippen LogP contribution in [0.5, 0.6) is 0 Å². The van der Waals surface area contributed by atoms with Crippen molar-refractivity contribution >= 4 is 11.6 Å². The van der Waals surface area contributed by atoms with Gasteiger partial charge in [-0.2, -0.15) is 0 Å². The fraction of sp³-hybridized carbons (Fsp3) is 0.250. The number of aromatic nitrogens is 1. The average molecular weight is 155 g/mol. The number of halogens is 1. The van der Waals surface area contributed by atoms with Gasteiger partial charge in [0.2, 0.25) is 0 Å². The first-order valence-electron chi connectivity index (χ1n) is 3.12. The molecular weight excluding hydrogens is 146 g/mol. The highest BCUT2D eigenvalue weighted by molar-refractivity contribution is 6.29. The van der Waals surface area contributed by atoms with Crippen molar-refractivity contribution in [3.05, 3.63) is 35.0 Å². The molecule has 0 aromatic carbocycles. The summed E-state index contributed by atoms with van der Waals surface area (Å²) in [6.45, 7) is 4.09. The van der Waals surface area contributed by atoms with Gasteiger partial charge in [0.05, 0.1) is 0 Å². The molecule has 2 heteroatoms. The molecule has 1 aromatic rings. The first-order chi connectivity index (χ1) is 4.70. The summed E-state index contributed by atoms with van der Waals surface area (Å²) in [5, 5.41) is 0.546. The summed E-state index contributed by atoms with van der Waals surface area (Å²) >= 11 is 5.60. The summed E-state index contributed by atoms with van der Waals surface area (Å²) in [5.41, 5.74) is 1.14. The molecule has 0 unspecified atom stereocenters. The van der Waals surface area contributed by atoms with Gasteiger partial charge in [0.15, 0.2) is 0 Å². The Bertz CT molecular complexity index is 203. The molecule has 1 aromatic heterocycles. The van der Waals surface area contributed by atoms with Crippen molar-refractivity contribution in [2.45, 2.75) is 13.8 Å². The molecular formula is C8H9ClN. The maximum Gasteiger partial charge on any atom is 0.129 e. The van der Waals surface area contributed by atoms with Crippen molar-refractivity contribution in [3.63, 3.8) is 0 Å². The molecule has 1 heterocycles. The number of rotatable bonds is 1. The monoisotopic (exact) mass is 154 g/mol. The lowest BCUT2D eigenvalue weighted by Crippen LogP contribution is -1.88. The van der Waals surface area contributed by atoms with Gasteiger partial charge in [0.1, 0.15) is 5.15 Å². The Morgan fingerprint density at radius 2 is 2.10 bits per heavy atom. The first-order valence-corrected chi connectivity index (χ1v) is 3.50. The third-order valence-corrected chi connectivity index (χ3v) is 1.53. The summed E-state index contributed by atoms with van der Waals surface area (Å²) in [4.78, 5) is 3.94. The molecule has 10 heavy (non-hydrogen) atoms. The van der Waals surface area contributed by atoms with E-state index in [1.807, 2.05) is 19.9 Å². The highest BCUT2D eigenvalue weighted by atomic mass is 35.5. The van der Waals surface area contributed by atoms with Crippen molar-refractivity contribution in [3.8, 4) is 0 Å². The SMILES string of the molecule is C[C](C)c1ccc(Cl)nc1. The van der Waals surface area contributed by atoms with Crippen LogP contribution in [-0.2, 0) is 0 Å². The zero-order chi connectivity index (χ0) is 7.56. The van der Waals surface area contributed by atoms with Crippen LogP contribution >= 0.6 is 11.6 Å². The molecule has 1 rings (SSSR count). The van der Waals surface area contributed by atoms with E-state index in [1.165, 1.54) is 5.92 Å². The highest BCUT2D eigenvalue weighted by Crippen LogP contribution is 2.13. The summed E-state index contributed by atoms with van der Waals surface area (Å²) < 4.78 is 0. The van der Waals surface area contributed by atoms with E-state index in [0.29, 0.717) is 5.15 Å². The van der Waals surface area contributed by atoms with Crippen LogP contribution < -0.4 is 0 Å². The normalized spacial score (nSPS) is 10.4. The van der Waals surface area contributed by atoms with E-state index >= 15 is 0 Å². The Morgan fingerprint density at radius 3 is 2.50 bits per heavy atom. The van der Waals surface area contributed by atoms with Crippen LogP contribution in [0.15, 0.2) is 18.3 Å². The molecule has 0 aliphatic heterocycles. The van der Waals surface area contributed by atoms with Gasteiger partial charge in [0, 0.05) is 12.1 Å². The van der Waals surface area contributed by atoms with Gasteiger partial charge >= 0.3 is 0 Å². The van der Waals surface area contributed by atoms with Gasteiger partial charge in [-0.3, -0.25) is 0 Å². The van der Waals surface area contributed by atoms with E-state index in [-0.39, 0.29) is 0 Å². The third-order valence-electron chi connectivity index (χ3n) is 1.30. The minimum atomic E-state index is 0.546. The Labute approximate surface area is 66.0 Å². The van der Waals surface area contributed by atoms with Crippen LogP contribution in [0, 0.1) is 5.92 Å². The van der Waals surface area contributed by atoms with Crippen LogP contribution in [0.2, 0.25) is 5.15 Å². The van der Waals surface area contributed by atoms with Crippen LogP contribution in [-0.4, -0.2) is 4.98 Å². The highest BCUT2D eigenvalue weighted by Gasteiger charge is 1.97. The van der Waals surface area contributed by atoms with Crippen LogP contribution in [0.3, 0.4) is 0 Å². The van der Waals surface area contributed by atoms with E-state index in [2.05, 4.69) is 4.98 Å². The third kappa shape index (κ3) is 1.71. The summed E-state index contributed by atoms with van der Waals surface area (Å²) in [7, 11) is 0. The first kappa shape index (κ1) is 7.55. The van der Waals surface area contributed by atoms with Crippen LogP contribution in [0.1, 0.15) is 19.4 Å². The van der Waals surface area contributed by atoms with Gasteiger partial charge in [0.25, 0.3) is 0 Å². The fourth-order valence-electron chi connectivity index (χ4n) is 0.672. The van der Waals surface area contributed by atoms with Crippen LogP contribution in [0.4, 0.5) is 0 Å². The van der Waals surface area contributed by atoms with Gasteiger partial charge in [-0.25, -0.2) is 4.98 Å². The molecule has 0 amide bonds. The molecule has 0 N–H and O–H groups in total. The zero-order valence-electron chi connectivity index (χ0n) is 6.06. The maximum atomic E-state index is 5.60. The molecule has 0 bridgehead atoms. The lowest BCUT2D eigenvalue weighted by Gasteiger charge is -2.01. The molecule has 0 atom stereocenters. The fourth-order valence-corrected chi connectivity index (χ4v) is 0.783. The minimum absolute atomic E-state index is 0.546. The summed E-state index contributed by atoms with van der Waals surface area (Å²) in [6, 6.07) is 3.76. The number of pyridine rings is 1. The molecule has 0 saturated heterocycles. The minimum Gasteiger partial charge on any atom is -0.244 e. The standard InChI is InChI=1S/C8H9ClN/c1-6(2)7-3-4-8(9)10-5-7/h3-5H,1-2H3. The van der Waals surface area contributed by atoms with Gasteiger partial charge in [-0.1, -0.05) is 31.5 Å². The van der Waals surface area contributed by atoms with Crippen molar-refractivity contribution in [1.29, 1.82) is 0 Å². The topological polar surface area (TPSA) is 12.9 Å². The molecule has 1 radical (unpaired) electrons. The van der Waals surface area contributed by atoms with E-state index in [1.54, 1.807) is 12.3 Å². The number of hydrogen-bond acceptors (Lipinski definition) is 1. The zero-order valence-corrected chi connectivity index (χ0v) is 6.81. The largest absolute Gasteiger partial charge is 0.244 e. The summed E-state index contributed by atoms with van der Waals surface area (Å²) in [5.74, 6) is 1.25. The number of hydrogen-bond donors (Lipinski definition) is 0. The predicted octanol–water partition coefficient (Wildman–Crippen LogP) is 2.70. The second-order valence-corrected chi connectivity index (χ2v) is 2.76. The number of nitrogens with zero attached hydrogens (tertiary/aromatic N) is 1. The Balaban J connectivity index is 2.89.